The molecule has 0 saturated heterocycles. The van der Waals surface area contributed by atoms with Crippen LogP contribution in [0.2, 0.25) is 10.3 Å². The monoisotopic (exact) mass is 254 g/mol. The molecular weight excluding hydrogens is 247 g/mol. The van der Waals surface area contributed by atoms with E-state index >= 15 is 0 Å². The van der Waals surface area contributed by atoms with Crippen molar-refractivity contribution in [3.63, 3.8) is 0 Å². The molecular formula is C10H8Cl2N4. The average Bonchev–Trinajstić information content (AvgIpc) is 2.26. The van der Waals surface area contributed by atoms with Crippen LogP contribution in [-0.4, -0.2) is 9.97 Å². The number of aromatic nitrogens is 2. The van der Waals surface area contributed by atoms with E-state index < -0.39 is 0 Å². The molecule has 6 heteroatoms. The van der Waals surface area contributed by atoms with Gasteiger partial charge in [0.25, 0.3) is 0 Å². The maximum absolute atomic E-state index is 5.98. The molecule has 16 heavy (non-hydrogen) atoms. The van der Waals surface area contributed by atoms with Gasteiger partial charge in [-0.3, -0.25) is 0 Å². The number of anilines is 2. The summed E-state index contributed by atoms with van der Waals surface area (Å²) in [6, 6.07) is 5.25. The molecule has 4 N–H and O–H groups in total. The molecule has 4 nitrogen and oxygen atoms in total. The summed E-state index contributed by atoms with van der Waals surface area (Å²) in [5.41, 5.74) is 13.6. The van der Waals surface area contributed by atoms with Crippen LogP contribution in [0.4, 0.5) is 11.4 Å². The van der Waals surface area contributed by atoms with Gasteiger partial charge in [-0.05, 0) is 17.7 Å². The number of hydrogen-bond acceptors (Lipinski definition) is 4. The first-order chi connectivity index (χ1) is 7.59. The minimum atomic E-state index is 0.112. The average molecular weight is 255 g/mol. The lowest BCUT2D eigenvalue weighted by atomic mass is 10.1. The molecule has 1 aromatic heterocycles. The van der Waals surface area contributed by atoms with E-state index in [-0.39, 0.29) is 5.28 Å². The first kappa shape index (κ1) is 11.0. The standard InChI is InChI=1S/C10H8Cl2N4/c11-6-4-15-10(12)16-9(6)5-2-1-3-7(13)8(5)14/h1-4H,13-14H2. The second-order valence-corrected chi connectivity index (χ2v) is 3.89. The molecule has 0 aliphatic carbocycles. The van der Waals surface area contributed by atoms with Gasteiger partial charge in [-0.1, -0.05) is 23.7 Å². The van der Waals surface area contributed by atoms with Crippen molar-refractivity contribution in [2.24, 2.45) is 0 Å². The second-order valence-electron chi connectivity index (χ2n) is 3.14. The van der Waals surface area contributed by atoms with Gasteiger partial charge >= 0.3 is 0 Å². The van der Waals surface area contributed by atoms with Crippen LogP contribution in [-0.2, 0) is 0 Å². The normalized spacial score (nSPS) is 10.4. The van der Waals surface area contributed by atoms with Crippen LogP contribution >= 0.6 is 23.2 Å². The quantitative estimate of drug-likeness (QED) is 0.606. The maximum atomic E-state index is 5.98. The molecule has 82 valence electrons. The van der Waals surface area contributed by atoms with Crippen molar-refractivity contribution >= 4 is 34.6 Å². The van der Waals surface area contributed by atoms with Crippen molar-refractivity contribution < 1.29 is 0 Å². The molecule has 0 amide bonds. The van der Waals surface area contributed by atoms with E-state index in [0.717, 1.165) is 0 Å². The van der Waals surface area contributed by atoms with Crippen LogP contribution in [0, 0.1) is 0 Å². The van der Waals surface area contributed by atoms with Crippen LogP contribution < -0.4 is 11.5 Å². The van der Waals surface area contributed by atoms with Crippen LogP contribution in [0.3, 0.4) is 0 Å². The van der Waals surface area contributed by atoms with E-state index in [1.54, 1.807) is 18.2 Å². The Balaban J connectivity index is 2.67. The van der Waals surface area contributed by atoms with E-state index in [0.29, 0.717) is 27.7 Å². The SMILES string of the molecule is Nc1cccc(-c2nc(Cl)ncc2Cl)c1N. The highest BCUT2D eigenvalue weighted by molar-refractivity contribution is 6.33. The molecule has 0 saturated carbocycles. The van der Waals surface area contributed by atoms with Gasteiger partial charge < -0.3 is 11.5 Å². The van der Waals surface area contributed by atoms with E-state index in [2.05, 4.69) is 9.97 Å². The fourth-order valence-corrected chi connectivity index (χ4v) is 1.65. The highest BCUT2D eigenvalue weighted by Crippen LogP contribution is 2.33. The number of nitrogen functional groups attached to an aromatic ring is 2. The van der Waals surface area contributed by atoms with Crippen LogP contribution in [0.1, 0.15) is 0 Å². The highest BCUT2D eigenvalue weighted by atomic mass is 35.5. The minimum Gasteiger partial charge on any atom is -0.397 e. The minimum absolute atomic E-state index is 0.112. The maximum Gasteiger partial charge on any atom is 0.222 e. The third kappa shape index (κ3) is 1.89. The van der Waals surface area contributed by atoms with Gasteiger partial charge in [-0.25, -0.2) is 9.97 Å². The number of para-hydroxylation sites is 1. The van der Waals surface area contributed by atoms with Crippen molar-refractivity contribution in [1.82, 2.24) is 9.97 Å². The first-order valence-electron chi connectivity index (χ1n) is 4.42. The number of halogens is 2. The summed E-state index contributed by atoms with van der Waals surface area (Å²) >= 11 is 11.7. The van der Waals surface area contributed by atoms with Gasteiger partial charge in [0.15, 0.2) is 0 Å². The molecule has 2 aromatic rings. The predicted molar refractivity (Wildman–Crippen MR) is 66.3 cm³/mol. The Hall–Kier alpha value is -1.52. The summed E-state index contributed by atoms with van der Waals surface area (Å²) in [6.07, 6.45) is 1.43. The zero-order valence-electron chi connectivity index (χ0n) is 8.11. The summed E-state index contributed by atoms with van der Waals surface area (Å²) in [4.78, 5) is 7.80. The van der Waals surface area contributed by atoms with Crippen molar-refractivity contribution in [3.8, 4) is 11.3 Å². The van der Waals surface area contributed by atoms with E-state index in [9.17, 15) is 0 Å². The molecule has 0 aliphatic rings. The van der Waals surface area contributed by atoms with E-state index in [4.69, 9.17) is 34.7 Å². The molecule has 0 unspecified atom stereocenters. The topological polar surface area (TPSA) is 77.8 Å². The Bertz CT molecular complexity index is 542. The largest absolute Gasteiger partial charge is 0.397 e. The Kier molecular flexibility index (Phi) is 2.85. The molecule has 1 aromatic carbocycles. The third-order valence-corrected chi connectivity index (χ3v) is 2.57. The van der Waals surface area contributed by atoms with Crippen LogP contribution in [0.15, 0.2) is 24.4 Å². The Morgan fingerprint density at radius 1 is 1.12 bits per heavy atom. The van der Waals surface area contributed by atoms with Crippen molar-refractivity contribution in [2.45, 2.75) is 0 Å². The van der Waals surface area contributed by atoms with Crippen LogP contribution in [0.25, 0.3) is 11.3 Å². The zero-order chi connectivity index (χ0) is 11.7. The summed E-state index contributed by atoms with van der Waals surface area (Å²) in [5.74, 6) is 0. The van der Waals surface area contributed by atoms with Gasteiger partial charge in [0.05, 0.1) is 28.3 Å². The van der Waals surface area contributed by atoms with Crippen molar-refractivity contribution in [1.29, 1.82) is 0 Å². The Labute approximate surface area is 102 Å². The summed E-state index contributed by atoms with van der Waals surface area (Å²) in [6.45, 7) is 0. The smallest absolute Gasteiger partial charge is 0.222 e. The number of nitrogens with two attached hydrogens (primary N) is 2. The van der Waals surface area contributed by atoms with Gasteiger partial charge in [0.1, 0.15) is 0 Å². The van der Waals surface area contributed by atoms with Crippen LogP contribution in [0.5, 0.6) is 0 Å². The third-order valence-electron chi connectivity index (χ3n) is 2.11. The van der Waals surface area contributed by atoms with Gasteiger partial charge in [0, 0.05) is 5.56 Å². The number of benzene rings is 1. The first-order valence-corrected chi connectivity index (χ1v) is 5.17. The van der Waals surface area contributed by atoms with Gasteiger partial charge in [-0.15, -0.1) is 0 Å². The van der Waals surface area contributed by atoms with Crippen molar-refractivity contribution in [2.75, 3.05) is 11.5 Å². The molecule has 0 atom stereocenters. The molecule has 0 spiro atoms. The van der Waals surface area contributed by atoms with E-state index in [1.807, 2.05) is 0 Å². The molecule has 0 radical (unpaired) electrons. The fraction of sp³-hybridized carbons (Fsp3) is 0. The number of rotatable bonds is 1. The predicted octanol–water partition coefficient (Wildman–Crippen LogP) is 2.61. The molecule has 2 rings (SSSR count). The Morgan fingerprint density at radius 3 is 2.62 bits per heavy atom. The second kappa shape index (κ2) is 4.15. The van der Waals surface area contributed by atoms with Crippen molar-refractivity contribution in [3.05, 3.63) is 34.7 Å². The molecule has 0 fully saturated rings. The molecule has 0 bridgehead atoms. The summed E-state index contributed by atoms with van der Waals surface area (Å²) in [7, 11) is 0. The lowest BCUT2D eigenvalue weighted by Gasteiger charge is -2.08. The van der Waals surface area contributed by atoms with Gasteiger partial charge in [-0.2, -0.15) is 0 Å². The summed E-state index contributed by atoms with van der Waals surface area (Å²) < 4.78 is 0. The van der Waals surface area contributed by atoms with Gasteiger partial charge in [0.2, 0.25) is 5.28 Å². The number of nitrogens with zero attached hydrogens (tertiary/aromatic N) is 2. The molecule has 1 heterocycles. The van der Waals surface area contributed by atoms with E-state index in [1.165, 1.54) is 6.20 Å². The summed E-state index contributed by atoms with van der Waals surface area (Å²) in [5, 5.41) is 0.489. The number of hydrogen-bond donors (Lipinski definition) is 2. The lowest BCUT2D eigenvalue weighted by Crippen LogP contribution is -1.98. The lowest BCUT2D eigenvalue weighted by molar-refractivity contribution is 1.17. The zero-order valence-corrected chi connectivity index (χ0v) is 9.63. The Morgan fingerprint density at radius 2 is 1.88 bits per heavy atom. The highest BCUT2D eigenvalue weighted by Gasteiger charge is 2.11. The fourth-order valence-electron chi connectivity index (χ4n) is 1.32. The molecule has 0 aliphatic heterocycles.